The van der Waals surface area contributed by atoms with Crippen molar-refractivity contribution < 1.29 is 4.74 Å². The van der Waals surface area contributed by atoms with Crippen molar-refractivity contribution in [2.24, 2.45) is 5.73 Å². The summed E-state index contributed by atoms with van der Waals surface area (Å²) in [5, 5.41) is 0. The van der Waals surface area contributed by atoms with Crippen molar-refractivity contribution in [2.75, 3.05) is 51.3 Å². The molecule has 0 aliphatic carbocycles. The first-order chi connectivity index (χ1) is 9.24. The van der Waals surface area contributed by atoms with Gasteiger partial charge in [0.15, 0.2) is 0 Å². The molecule has 2 N–H and O–H groups in total. The maximum atomic E-state index is 5.56. The number of nitrogens with zero attached hydrogens (tertiary/aromatic N) is 2. The highest BCUT2D eigenvalue weighted by Crippen LogP contribution is 2.31. The molecule has 2 rings (SSSR count). The SMILES string of the molecule is COc1cc(Br)ccc1N1CCN(CCCN)CC1. The van der Waals surface area contributed by atoms with Crippen molar-refractivity contribution in [1.29, 1.82) is 0 Å². The summed E-state index contributed by atoms with van der Waals surface area (Å²) < 4.78 is 6.52. The van der Waals surface area contributed by atoms with Gasteiger partial charge in [-0.25, -0.2) is 0 Å². The van der Waals surface area contributed by atoms with Gasteiger partial charge in [-0.2, -0.15) is 0 Å². The Morgan fingerprint density at radius 1 is 1.26 bits per heavy atom. The third kappa shape index (κ3) is 3.84. The molecule has 1 aromatic carbocycles. The van der Waals surface area contributed by atoms with Gasteiger partial charge in [-0.3, -0.25) is 4.90 Å². The minimum Gasteiger partial charge on any atom is -0.495 e. The number of anilines is 1. The second-order valence-electron chi connectivity index (χ2n) is 4.79. The summed E-state index contributed by atoms with van der Waals surface area (Å²) in [7, 11) is 1.72. The molecule has 0 bridgehead atoms. The highest BCUT2D eigenvalue weighted by atomic mass is 79.9. The summed E-state index contributed by atoms with van der Waals surface area (Å²) >= 11 is 3.48. The average molecular weight is 328 g/mol. The third-order valence-electron chi connectivity index (χ3n) is 3.53. The maximum Gasteiger partial charge on any atom is 0.143 e. The molecule has 106 valence electrons. The zero-order chi connectivity index (χ0) is 13.7. The Bertz CT molecular complexity index is 406. The van der Waals surface area contributed by atoms with Gasteiger partial charge < -0.3 is 15.4 Å². The molecule has 1 aliphatic heterocycles. The van der Waals surface area contributed by atoms with Gasteiger partial charge in [-0.1, -0.05) is 15.9 Å². The van der Waals surface area contributed by atoms with E-state index in [1.807, 2.05) is 6.07 Å². The molecular weight excluding hydrogens is 306 g/mol. The molecule has 0 atom stereocenters. The van der Waals surface area contributed by atoms with Gasteiger partial charge in [0.25, 0.3) is 0 Å². The fraction of sp³-hybridized carbons (Fsp3) is 0.571. The summed E-state index contributed by atoms with van der Waals surface area (Å²) in [6.45, 7) is 6.17. The molecule has 0 aromatic heterocycles. The van der Waals surface area contributed by atoms with Gasteiger partial charge in [0, 0.05) is 30.7 Å². The van der Waals surface area contributed by atoms with Crippen LogP contribution in [-0.4, -0.2) is 51.3 Å². The highest BCUT2D eigenvalue weighted by molar-refractivity contribution is 9.10. The van der Waals surface area contributed by atoms with Crippen molar-refractivity contribution in [3.63, 3.8) is 0 Å². The van der Waals surface area contributed by atoms with Crippen LogP contribution in [0, 0.1) is 0 Å². The number of piperazine rings is 1. The number of methoxy groups -OCH3 is 1. The maximum absolute atomic E-state index is 5.56. The number of halogens is 1. The van der Waals surface area contributed by atoms with Crippen LogP contribution in [0.5, 0.6) is 5.75 Å². The third-order valence-corrected chi connectivity index (χ3v) is 4.03. The van der Waals surface area contributed by atoms with Crippen molar-refractivity contribution in [1.82, 2.24) is 4.90 Å². The number of nitrogens with two attached hydrogens (primary N) is 1. The van der Waals surface area contributed by atoms with Gasteiger partial charge in [-0.15, -0.1) is 0 Å². The summed E-state index contributed by atoms with van der Waals surface area (Å²) in [4.78, 5) is 4.87. The van der Waals surface area contributed by atoms with E-state index in [2.05, 4.69) is 37.9 Å². The van der Waals surface area contributed by atoms with E-state index in [0.29, 0.717) is 0 Å². The molecule has 19 heavy (non-hydrogen) atoms. The zero-order valence-electron chi connectivity index (χ0n) is 11.4. The number of hydrogen-bond donors (Lipinski definition) is 1. The zero-order valence-corrected chi connectivity index (χ0v) is 13.0. The Morgan fingerprint density at radius 3 is 2.63 bits per heavy atom. The van der Waals surface area contributed by atoms with Gasteiger partial charge in [0.1, 0.15) is 5.75 Å². The lowest BCUT2D eigenvalue weighted by Gasteiger charge is -2.36. The van der Waals surface area contributed by atoms with Gasteiger partial charge in [0.2, 0.25) is 0 Å². The lowest BCUT2D eigenvalue weighted by atomic mass is 10.2. The number of ether oxygens (including phenoxy) is 1. The molecule has 0 radical (unpaired) electrons. The van der Waals surface area contributed by atoms with E-state index in [-0.39, 0.29) is 0 Å². The molecule has 0 spiro atoms. The van der Waals surface area contributed by atoms with E-state index in [1.54, 1.807) is 7.11 Å². The molecule has 1 aromatic rings. The van der Waals surface area contributed by atoms with Crippen molar-refractivity contribution in [3.8, 4) is 5.75 Å². The summed E-state index contributed by atoms with van der Waals surface area (Å²) in [6, 6.07) is 6.22. The van der Waals surface area contributed by atoms with Crippen LogP contribution >= 0.6 is 15.9 Å². The Morgan fingerprint density at radius 2 is 2.00 bits per heavy atom. The Kier molecular flexibility index (Phi) is 5.48. The fourth-order valence-electron chi connectivity index (χ4n) is 2.44. The average Bonchev–Trinajstić information content (AvgIpc) is 2.45. The summed E-state index contributed by atoms with van der Waals surface area (Å²) in [6.07, 6.45) is 1.08. The van der Waals surface area contributed by atoms with E-state index in [1.165, 1.54) is 5.69 Å². The molecule has 4 nitrogen and oxygen atoms in total. The van der Waals surface area contributed by atoms with Crippen LogP contribution in [0.1, 0.15) is 6.42 Å². The van der Waals surface area contributed by atoms with Crippen LogP contribution < -0.4 is 15.4 Å². The van der Waals surface area contributed by atoms with Crippen LogP contribution in [0.25, 0.3) is 0 Å². The number of benzene rings is 1. The van der Waals surface area contributed by atoms with Gasteiger partial charge >= 0.3 is 0 Å². The predicted molar refractivity (Wildman–Crippen MR) is 83.0 cm³/mol. The van der Waals surface area contributed by atoms with E-state index >= 15 is 0 Å². The largest absolute Gasteiger partial charge is 0.495 e. The molecule has 5 heteroatoms. The van der Waals surface area contributed by atoms with Crippen LogP contribution in [-0.2, 0) is 0 Å². The first-order valence-electron chi connectivity index (χ1n) is 6.75. The minimum atomic E-state index is 0.779. The Balaban J connectivity index is 1.97. The molecule has 1 heterocycles. The fourth-order valence-corrected chi connectivity index (χ4v) is 2.78. The van der Waals surface area contributed by atoms with E-state index in [4.69, 9.17) is 10.5 Å². The molecule has 1 saturated heterocycles. The van der Waals surface area contributed by atoms with Gasteiger partial charge in [0.05, 0.1) is 12.8 Å². The monoisotopic (exact) mass is 327 g/mol. The summed E-state index contributed by atoms with van der Waals surface area (Å²) in [5.41, 5.74) is 6.74. The topological polar surface area (TPSA) is 41.7 Å². The Hall–Kier alpha value is -0.780. The first kappa shape index (κ1) is 14.6. The van der Waals surface area contributed by atoms with Crippen LogP contribution in [0.3, 0.4) is 0 Å². The molecule has 0 amide bonds. The van der Waals surface area contributed by atoms with Crippen molar-refractivity contribution >= 4 is 21.6 Å². The lowest BCUT2D eigenvalue weighted by molar-refractivity contribution is 0.255. The highest BCUT2D eigenvalue weighted by Gasteiger charge is 2.19. The second-order valence-corrected chi connectivity index (χ2v) is 5.70. The quantitative estimate of drug-likeness (QED) is 0.897. The van der Waals surface area contributed by atoms with E-state index in [9.17, 15) is 0 Å². The van der Waals surface area contributed by atoms with Gasteiger partial charge in [-0.05, 0) is 37.7 Å². The number of hydrogen-bond acceptors (Lipinski definition) is 4. The first-order valence-corrected chi connectivity index (χ1v) is 7.55. The van der Waals surface area contributed by atoms with E-state index in [0.717, 1.165) is 55.9 Å². The normalized spacial score (nSPS) is 16.7. The smallest absolute Gasteiger partial charge is 0.143 e. The lowest BCUT2D eigenvalue weighted by Crippen LogP contribution is -2.47. The minimum absolute atomic E-state index is 0.779. The van der Waals surface area contributed by atoms with Crippen LogP contribution in [0.4, 0.5) is 5.69 Å². The number of rotatable bonds is 5. The molecule has 1 aliphatic rings. The van der Waals surface area contributed by atoms with Crippen LogP contribution in [0.15, 0.2) is 22.7 Å². The molecule has 0 saturated carbocycles. The van der Waals surface area contributed by atoms with Crippen molar-refractivity contribution in [2.45, 2.75) is 6.42 Å². The molecular formula is C14H22BrN3O. The van der Waals surface area contributed by atoms with Crippen molar-refractivity contribution in [3.05, 3.63) is 22.7 Å². The van der Waals surface area contributed by atoms with E-state index < -0.39 is 0 Å². The second kappa shape index (κ2) is 7.12. The standard InChI is InChI=1S/C14H22BrN3O/c1-19-14-11-12(15)3-4-13(14)18-9-7-17(8-10-18)6-2-5-16/h3-4,11H,2,5-10,16H2,1H3. The summed E-state index contributed by atoms with van der Waals surface area (Å²) in [5.74, 6) is 0.935. The molecule has 0 unspecified atom stereocenters. The predicted octanol–water partition coefficient (Wildman–Crippen LogP) is 1.93. The Labute approximate surface area is 123 Å². The van der Waals surface area contributed by atoms with Crippen LogP contribution in [0.2, 0.25) is 0 Å². The molecule has 1 fully saturated rings.